The van der Waals surface area contributed by atoms with Crippen molar-refractivity contribution in [2.75, 3.05) is 21.3 Å². The predicted octanol–water partition coefficient (Wildman–Crippen LogP) is 4.66. The molecule has 0 saturated carbocycles. The van der Waals surface area contributed by atoms with Gasteiger partial charge in [0.1, 0.15) is 5.75 Å². The third-order valence-corrected chi connectivity index (χ3v) is 5.48. The first kappa shape index (κ1) is 17.4. The van der Waals surface area contributed by atoms with Crippen molar-refractivity contribution in [2.24, 2.45) is 0 Å². The molecule has 2 aromatic rings. The van der Waals surface area contributed by atoms with Crippen molar-refractivity contribution in [2.45, 2.75) is 11.7 Å². The van der Waals surface area contributed by atoms with E-state index in [-0.39, 0.29) is 11.0 Å². The summed E-state index contributed by atoms with van der Waals surface area (Å²) in [7, 11) is 4.84. The second-order valence-corrected chi connectivity index (χ2v) is 6.83. The molecule has 0 amide bonds. The fourth-order valence-corrected chi connectivity index (χ4v) is 3.97. The third-order valence-electron chi connectivity index (χ3n) is 4.12. The van der Waals surface area contributed by atoms with Gasteiger partial charge in [-0.05, 0) is 36.2 Å². The van der Waals surface area contributed by atoms with Gasteiger partial charge in [0.15, 0.2) is 17.3 Å². The van der Waals surface area contributed by atoms with E-state index in [0.717, 1.165) is 16.9 Å². The average molecular weight is 356 g/mol. The summed E-state index contributed by atoms with van der Waals surface area (Å²) in [6.07, 6.45) is 2.82. The Balaban J connectivity index is 1.75. The van der Waals surface area contributed by atoms with Crippen LogP contribution in [0.1, 0.15) is 27.6 Å². The van der Waals surface area contributed by atoms with Gasteiger partial charge in [-0.1, -0.05) is 24.3 Å². The lowest BCUT2D eigenvalue weighted by Gasteiger charge is -2.14. The van der Waals surface area contributed by atoms with E-state index in [9.17, 15) is 4.79 Å². The van der Waals surface area contributed by atoms with Gasteiger partial charge < -0.3 is 14.2 Å². The molecule has 130 valence electrons. The molecule has 4 nitrogen and oxygen atoms in total. The van der Waals surface area contributed by atoms with Crippen LogP contribution in [0.3, 0.4) is 0 Å². The molecule has 0 spiro atoms. The van der Waals surface area contributed by atoms with Crippen LogP contribution in [0.25, 0.3) is 0 Å². The highest BCUT2D eigenvalue weighted by Gasteiger charge is 2.25. The van der Waals surface area contributed by atoms with Crippen molar-refractivity contribution in [3.63, 3.8) is 0 Å². The summed E-state index contributed by atoms with van der Waals surface area (Å²) in [5.74, 6) is 2.13. The van der Waals surface area contributed by atoms with Crippen molar-refractivity contribution in [3.8, 4) is 17.2 Å². The van der Waals surface area contributed by atoms with Crippen LogP contribution in [0.2, 0.25) is 0 Å². The summed E-state index contributed by atoms with van der Waals surface area (Å²) in [4.78, 5) is 13.5. The maximum Gasteiger partial charge on any atom is 0.199 e. The molecular weight excluding hydrogens is 336 g/mol. The summed E-state index contributed by atoms with van der Waals surface area (Å²) in [6.45, 7) is 0. The second kappa shape index (κ2) is 7.66. The quantitative estimate of drug-likeness (QED) is 0.705. The molecule has 1 aliphatic heterocycles. The molecule has 1 heterocycles. The van der Waals surface area contributed by atoms with Crippen LogP contribution in [-0.4, -0.2) is 27.1 Å². The van der Waals surface area contributed by atoms with Gasteiger partial charge in [-0.3, -0.25) is 4.79 Å². The zero-order valence-electron chi connectivity index (χ0n) is 14.4. The Morgan fingerprint density at radius 3 is 2.52 bits per heavy atom. The van der Waals surface area contributed by atoms with E-state index in [4.69, 9.17) is 14.2 Å². The number of benzene rings is 2. The Morgan fingerprint density at radius 2 is 1.80 bits per heavy atom. The monoisotopic (exact) mass is 356 g/mol. The van der Waals surface area contributed by atoms with Crippen LogP contribution in [0, 0.1) is 0 Å². The Morgan fingerprint density at radius 1 is 1.00 bits per heavy atom. The lowest BCUT2D eigenvalue weighted by molar-refractivity contribution is 0.104. The van der Waals surface area contributed by atoms with Crippen LogP contribution >= 0.6 is 11.8 Å². The van der Waals surface area contributed by atoms with Crippen molar-refractivity contribution in [3.05, 3.63) is 64.6 Å². The maximum atomic E-state index is 12.7. The van der Waals surface area contributed by atoms with Crippen LogP contribution in [0.15, 0.2) is 53.4 Å². The molecule has 0 radical (unpaired) electrons. The molecule has 1 aliphatic rings. The number of ketones is 1. The minimum Gasteiger partial charge on any atom is -0.497 e. The van der Waals surface area contributed by atoms with Crippen molar-refractivity contribution in [1.29, 1.82) is 0 Å². The molecule has 0 bridgehead atoms. The minimum atomic E-state index is 0.0341. The average Bonchev–Trinajstić information content (AvgIpc) is 3.17. The Kier molecular flexibility index (Phi) is 5.34. The van der Waals surface area contributed by atoms with E-state index in [1.165, 1.54) is 0 Å². The zero-order valence-corrected chi connectivity index (χ0v) is 15.3. The van der Waals surface area contributed by atoms with Crippen LogP contribution < -0.4 is 14.2 Å². The molecule has 0 aliphatic carbocycles. The topological polar surface area (TPSA) is 44.8 Å². The molecule has 5 heteroatoms. The summed E-state index contributed by atoms with van der Waals surface area (Å²) >= 11 is 1.59. The van der Waals surface area contributed by atoms with Gasteiger partial charge in [-0.15, -0.1) is 11.8 Å². The highest BCUT2D eigenvalue weighted by Crippen LogP contribution is 2.46. The number of allylic oxidation sites excluding steroid dienone is 2. The van der Waals surface area contributed by atoms with Crippen molar-refractivity contribution in [1.82, 2.24) is 0 Å². The van der Waals surface area contributed by atoms with Gasteiger partial charge in [0, 0.05) is 10.8 Å². The Labute approximate surface area is 151 Å². The van der Waals surface area contributed by atoms with E-state index in [0.29, 0.717) is 22.8 Å². The van der Waals surface area contributed by atoms with Crippen LogP contribution in [0.4, 0.5) is 0 Å². The molecule has 1 unspecified atom stereocenters. The molecule has 0 N–H and O–H groups in total. The number of Topliss-reactive ketones (excluding diaryl/α,β-unsaturated/α-hetero) is 1. The Bertz CT molecular complexity index is 813. The van der Waals surface area contributed by atoms with E-state index in [1.54, 1.807) is 39.2 Å². The molecule has 1 atom stereocenters. The van der Waals surface area contributed by atoms with Gasteiger partial charge in [0.05, 0.1) is 26.2 Å². The Hall–Kier alpha value is -2.40. The first-order valence-electron chi connectivity index (χ1n) is 7.93. The largest absolute Gasteiger partial charge is 0.497 e. The van der Waals surface area contributed by atoms with E-state index >= 15 is 0 Å². The van der Waals surface area contributed by atoms with E-state index in [2.05, 4.69) is 0 Å². The van der Waals surface area contributed by atoms with E-state index < -0.39 is 0 Å². The number of hydrogen-bond donors (Lipinski definition) is 0. The summed E-state index contributed by atoms with van der Waals surface area (Å²) in [5, 5.41) is 0.198. The van der Waals surface area contributed by atoms with Gasteiger partial charge in [0.25, 0.3) is 0 Å². The number of hydrogen-bond acceptors (Lipinski definition) is 5. The fraction of sp³-hybridized carbons (Fsp3) is 0.250. The van der Waals surface area contributed by atoms with Crippen LogP contribution in [0.5, 0.6) is 17.2 Å². The maximum absolute atomic E-state index is 12.7. The molecule has 0 aromatic heterocycles. The van der Waals surface area contributed by atoms with Gasteiger partial charge in [-0.25, -0.2) is 0 Å². The normalized spacial score (nSPS) is 16.3. The van der Waals surface area contributed by atoms with Gasteiger partial charge >= 0.3 is 0 Å². The van der Waals surface area contributed by atoms with Crippen molar-refractivity contribution < 1.29 is 19.0 Å². The molecule has 3 rings (SSSR count). The first-order valence-corrected chi connectivity index (χ1v) is 8.81. The third kappa shape index (κ3) is 3.66. The molecular formula is C20H20O4S. The molecule has 2 aromatic carbocycles. The summed E-state index contributed by atoms with van der Waals surface area (Å²) < 4.78 is 15.9. The summed E-state index contributed by atoms with van der Waals surface area (Å²) in [5.41, 5.74) is 1.76. The highest BCUT2D eigenvalue weighted by atomic mass is 32.2. The minimum absolute atomic E-state index is 0.0341. The number of carbonyl (C=O) groups is 1. The molecule has 0 saturated heterocycles. The zero-order chi connectivity index (χ0) is 17.8. The van der Waals surface area contributed by atoms with Crippen molar-refractivity contribution >= 4 is 17.5 Å². The lowest BCUT2D eigenvalue weighted by atomic mass is 10.1. The van der Waals surface area contributed by atoms with Crippen LogP contribution in [-0.2, 0) is 0 Å². The standard InChI is InChI=1S/C20H20O4S/c1-22-15-6-4-5-14(11-15)20(21)19-10-9-18(25-19)13-7-8-16(23-2)17(12-13)24-3/h4-8,10-12,18H,9H2,1-3H3. The highest BCUT2D eigenvalue weighted by molar-refractivity contribution is 8.04. The number of carbonyl (C=O) groups excluding carboxylic acids is 1. The number of methoxy groups -OCH3 is 3. The first-order chi connectivity index (χ1) is 12.2. The van der Waals surface area contributed by atoms with Gasteiger partial charge in [-0.2, -0.15) is 0 Å². The second-order valence-electron chi connectivity index (χ2n) is 5.59. The number of ether oxygens (including phenoxy) is 3. The lowest BCUT2D eigenvalue weighted by Crippen LogP contribution is -2.00. The molecule has 0 fully saturated rings. The number of thioether (sulfide) groups is 1. The van der Waals surface area contributed by atoms with Gasteiger partial charge in [0.2, 0.25) is 0 Å². The SMILES string of the molecule is COc1cccc(C(=O)C2=CCC(c3ccc(OC)c(OC)c3)S2)c1. The number of rotatable bonds is 6. The fourth-order valence-electron chi connectivity index (χ4n) is 2.77. The smallest absolute Gasteiger partial charge is 0.199 e. The van der Waals surface area contributed by atoms with E-state index in [1.807, 2.05) is 42.5 Å². The molecule has 25 heavy (non-hydrogen) atoms. The predicted molar refractivity (Wildman–Crippen MR) is 99.9 cm³/mol. The summed E-state index contributed by atoms with van der Waals surface area (Å²) in [6, 6.07) is 13.1.